The Hall–Kier alpha value is -1.75. The Balaban J connectivity index is 3.04. The number of nitrogen functional groups attached to an aromatic ring is 1. The average molecular weight is 266 g/mol. The van der Waals surface area contributed by atoms with Gasteiger partial charge < -0.3 is 20.1 Å². The lowest BCUT2D eigenvalue weighted by Gasteiger charge is -2.28. The molecule has 0 aliphatic rings. The first-order valence-electron chi connectivity index (χ1n) is 6.29. The van der Waals surface area contributed by atoms with Crippen LogP contribution in [0.2, 0.25) is 0 Å². The number of rotatable bonds is 6. The van der Waals surface area contributed by atoms with Gasteiger partial charge in [0.25, 0.3) is 5.91 Å². The van der Waals surface area contributed by atoms with Crippen molar-refractivity contribution < 1.29 is 14.3 Å². The molecule has 0 saturated carbocycles. The van der Waals surface area contributed by atoms with Crippen molar-refractivity contribution >= 4 is 11.6 Å². The molecular formula is C14H22N2O3. The maximum Gasteiger partial charge on any atom is 0.256 e. The van der Waals surface area contributed by atoms with E-state index in [0.717, 1.165) is 0 Å². The lowest BCUT2D eigenvalue weighted by atomic mass is 10.1. The molecule has 1 unspecified atom stereocenters. The maximum atomic E-state index is 12.5. The van der Waals surface area contributed by atoms with Gasteiger partial charge in [-0.05, 0) is 26.0 Å². The second-order valence-electron chi connectivity index (χ2n) is 4.32. The molecule has 2 N–H and O–H groups in total. The van der Waals surface area contributed by atoms with E-state index < -0.39 is 0 Å². The quantitative estimate of drug-likeness (QED) is 0.797. The summed E-state index contributed by atoms with van der Waals surface area (Å²) in [5.41, 5.74) is 6.79. The number of amides is 1. The number of carbonyl (C=O) groups excluding carboxylic acids is 1. The van der Waals surface area contributed by atoms with Crippen LogP contribution < -0.4 is 10.5 Å². The first kappa shape index (κ1) is 15.3. The normalized spacial score (nSPS) is 12.0. The Morgan fingerprint density at radius 1 is 1.42 bits per heavy atom. The summed E-state index contributed by atoms with van der Waals surface area (Å²) in [5, 5.41) is 0. The van der Waals surface area contributed by atoms with E-state index in [0.29, 0.717) is 30.2 Å². The number of methoxy groups -OCH3 is 2. The van der Waals surface area contributed by atoms with Gasteiger partial charge in [0.05, 0.1) is 31.0 Å². The van der Waals surface area contributed by atoms with Crippen molar-refractivity contribution in [1.29, 1.82) is 0 Å². The molecule has 1 atom stereocenters. The first-order valence-corrected chi connectivity index (χ1v) is 6.29. The number of anilines is 1. The molecule has 19 heavy (non-hydrogen) atoms. The Morgan fingerprint density at radius 2 is 2.11 bits per heavy atom. The molecule has 0 aliphatic carbocycles. The summed E-state index contributed by atoms with van der Waals surface area (Å²) in [4.78, 5) is 14.2. The smallest absolute Gasteiger partial charge is 0.256 e. The number of nitrogens with two attached hydrogens (primary N) is 1. The highest BCUT2D eigenvalue weighted by Gasteiger charge is 2.22. The van der Waals surface area contributed by atoms with E-state index in [4.69, 9.17) is 15.2 Å². The highest BCUT2D eigenvalue weighted by molar-refractivity contribution is 6.00. The molecule has 1 aromatic rings. The molecule has 0 saturated heterocycles. The fourth-order valence-corrected chi connectivity index (χ4v) is 2.05. The second kappa shape index (κ2) is 6.99. The van der Waals surface area contributed by atoms with Crippen molar-refractivity contribution in [2.45, 2.75) is 19.9 Å². The molecule has 5 heteroatoms. The minimum atomic E-state index is -0.108. The fraction of sp³-hybridized carbons (Fsp3) is 0.500. The molecular weight excluding hydrogens is 244 g/mol. The predicted octanol–water partition coefficient (Wildman–Crippen LogP) is 1.77. The monoisotopic (exact) mass is 266 g/mol. The van der Waals surface area contributed by atoms with Crippen LogP contribution in [0, 0.1) is 0 Å². The number of carbonyl (C=O) groups is 1. The van der Waals surface area contributed by atoms with Gasteiger partial charge in [0.1, 0.15) is 5.75 Å². The van der Waals surface area contributed by atoms with Crippen LogP contribution in [-0.2, 0) is 4.74 Å². The van der Waals surface area contributed by atoms with Crippen molar-refractivity contribution in [1.82, 2.24) is 4.90 Å². The van der Waals surface area contributed by atoms with Gasteiger partial charge in [-0.25, -0.2) is 0 Å². The number of nitrogens with zero attached hydrogens (tertiary/aromatic N) is 1. The van der Waals surface area contributed by atoms with E-state index in [-0.39, 0.29) is 11.9 Å². The van der Waals surface area contributed by atoms with Crippen LogP contribution in [0.5, 0.6) is 5.75 Å². The molecule has 0 spiro atoms. The van der Waals surface area contributed by atoms with E-state index in [9.17, 15) is 4.79 Å². The fourth-order valence-electron chi connectivity index (χ4n) is 2.05. The standard InChI is InChI=1S/C14H22N2O3/c1-5-16(10(2)9-18-3)14(17)11-7-6-8-12(19-4)13(11)15/h6-8,10H,5,9,15H2,1-4H3. The number of likely N-dealkylation sites (N-methyl/N-ethyl adjacent to an activating group) is 1. The molecule has 106 valence electrons. The number of hydrogen-bond acceptors (Lipinski definition) is 4. The van der Waals surface area contributed by atoms with E-state index >= 15 is 0 Å². The predicted molar refractivity (Wildman–Crippen MR) is 75.5 cm³/mol. The minimum absolute atomic E-state index is 0.00639. The van der Waals surface area contributed by atoms with Crippen molar-refractivity contribution in [3.63, 3.8) is 0 Å². The highest BCUT2D eigenvalue weighted by atomic mass is 16.5. The van der Waals surface area contributed by atoms with E-state index in [1.807, 2.05) is 13.8 Å². The van der Waals surface area contributed by atoms with Crippen molar-refractivity contribution in [2.75, 3.05) is 33.1 Å². The zero-order chi connectivity index (χ0) is 14.4. The third-order valence-corrected chi connectivity index (χ3v) is 3.06. The summed E-state index contributed by atoms with van der Waals surface area (Å²) in [6, 6.07) is 5.20. The first-order chi connectivity index (χ1) is 9.06. The molecule has 0 aliphatic heterocycles. The van der Waals surface area contributed by atoms with E-state index in [2.05, 4.69) is 0 Å². The lowest BCUT2D eigenvalue weighted by Crippen LogP contribution is -2.41. The van der Waals surface area contributed by atoms with Crippen LogP contribution in [-0.4, -0.2) is 44.2 Å². The summed E-state index contributed by atoms with van der Waals surface area (Å²) in [6.45, 7) is 4.96. The molecule has 1 amide bonds. The zero-order valence-corrected chi connectivity index (χ0v) is 12.0. The van der Waals surface area contributed by atoms with Crippen LogP contribution in [0.3, 0.4) is 0 Å². The van der Waals surface area contributed by atoms with Crippen molar-refractivity contribution in [2.24, 2.45) is 0 Å². The van der Waals surface area contributed by atoms with Crippen LogP contribution in [0.1, 0.15) is 24.2 Å². The number of hydrogen-bond donors (Lipinski definition) is 1. The molecule has 5 nitrogen and oxygen atoms in total. The minimum Gasteiger partial charge on any atom is -0.495 e. The summed E-state index contributed by atoms with van der Waals surface area (Å²) < 4.78 is 10.2. The highest BCUT2D eigenvalue weighted by Crippen LogP contribution is 2.26. The van der Waals surface area contributed by atoms with Crippen LogP contribution in [0.25, 0.3) is 0 Å². The topological polar surface area (TPSA) is 64.8 Å². The van der Waals surface area contributed by atoms with Gasteiger partial charge in [-0.15, -0.1) is 0 Å². The summed E-state index contributed by atoms with van der Waals surface area (Å²) in [7, 11) is 3.15. The maximum absolute atomic E-state index is 12.5. The molecule has 0 radical (unpaired) electrons. The van der Waals surface area contributed by atoms with E-state index in [1.54, 1.807) is 30.2 Å². The molecule has 1 rings (SSSR count). The van der Waals surface area contributed by atoms with Gasteiger partial charge in [0, 0.05) is 13.7 Å². The Labute approximate surface area is 114 Å². The van der Waals surface area contributed by atoms with Gasteiger partial charge in [0.2, 0.25) is 0 Å². The van der Waals surface area contributed by atoms with Gasteiger partial charge in [-0.3, -0.25) is 4.79 Å². The van der Waals surface area contributed by atoms with Crippen LogP contribution >= 0.6 is 0 Å². The van der Waals surface area contributed by atoms with Crippen molar-refractivity contribution in [3.8, 4) is 5.75 Å². The van der Waals surface area contributed by atoms with E-state index in [1.165, 1.54) is 7.11 Å². The van der Waals surface area contributed by atoms with Gasteiger partial charge in [-0.2, -0.15) is 0 Å². The largest absolute Gasteiger partial charge is 0.495 e. The molecule has 1 aromatic carbocycles. The molecule has 0 aromatic heterocycles. The molecule has 0 heterocycles. The zero-order valence-electron chi connectivity index (χ0n) is 12.0. The number of para-hydroxylation sites is 1. The van der Waals surface area contributed by atoms with Crippen LogP contribution in [0.4, 0.5) is 5.69 Å². The summed E-state index contributed by atoms with van der Waals surface area (Å²) in [5.74, 6) is 0.407. The molecule has 0 fully saturated rings. The lowest BCUT2D eigenvalue weighted by molar-refractivity contribution is 0.0580. The molecule has 0 bridgehead atoms. The number of benzene rings is 1. The third-order valence-electron chi connectivity index (χ3n) is 3.06. The van der Waals surface area contributed by atoms with Gasteiger partial charge >= 0.3 is 0 Å². The van der Waals surface area contributed by atoms with Gasteiger partial charge in [0.15, 0.2) is 0 Å². The Kier molecular flexibility index (Phi) is 5.63. The Morgan fingerprint density at radius 3 is 2.63 bits per heavy atom. The summed E-state index contributed by atoms with van der Waals surface area (Å²) >= 11 is 0. The van der Waals surface area contributed by atoms with Crippen LogP contribution in [0.15, 0.2) is 18.2 Å². The summed E-state index contributed by atoms with van der Waals surface area (Å²) in [6.07, 6.45) is 0. The average Bonchev–Trinajstić information content (AvgIpc) is 2.40. The second-order valence-corrected chi connectivity index (χ2v) is 4.32. The number of ether oxygens (including phenoxy) is 2. The van der Waals surface area contributed by atoms with Gasteiger partial charge in [-0.1, -0.05) is 6.07 Å². The SMILES string of the molecule is CCN(C(=O)c1cccc(OC)c1N)C(C)COC. The Bertz CT molecular complexity index is 435. The van der Waals surface area contributed by atoms with Crippen molar-refractivity contribution in [3.05, 3.63) is 23.8 Å². The third kappa shape index (κ3) is 3.38.